The first-order chi connectivity index (χ1) is 15.7. The molecule has 0 aliphatic carbocycles. The van der Waals surface area contributed by atoms with E-state index in [1.165, 1.54) is 38.4 Å². The highest BCUT2D eigenvalue weighted by Crippen LogP contribution is 2.46. The smallest absolute Gasteiger partial charge is 0.169 e. The average molecular weight is 452 g/mol. The number of hydrogen-bond acceptors (Lipinski definition) is 0. The zero-order chi connectivity index (χ0) is 23.9. The number of terminal acetylenes is 1. The summed E-state index contributed by atoms with van der Waals surface area (Å²) in [7, 11) is -1.94. The van der Waals surface area contributed by atoms with E-state index in [1.807, 2.05) is 0 Å². The molecule has 0 aliphatic rings. The summed E-state index contributed by atoms with van der Waals surface area (Å²) in [5.74, 6) is 3.11. The number of benzene rings is 3. The molecule has 2 heteroatoms. The van der Waals surface area contributed by atoms with Gasteiger partial charge in [-0.3, -0.25) is 0 Å². The molecule has 0 saturated carbocycles. The maximum atomic E-state index is 6.30. The van der Waals surface area contributed by atoms with Crippen LogP contribution in [0.4, 0.5) is 0 Å². The Morgan fingerprint density at radius 1 is 0.758 bits per heavy atom. The van der Waals surface area contributed by atoms with E-state index in [1.54, 1.807) is 0 Å². The molecule has 0 fully saturated rings. The highest BCUT2D eigenvalue weighted by atomic mass is 28.3. The van der Waals surface area contributed by atoms with Gasteiger partial charge in [-0.2, -0.15) is 0 Å². The van der Waals surface area contributed by atoms with Gasteiger partial charge in [0, 0.05) is 17.1 Å². The summed E-state index contributed by atoms with van der Waals surface area (Å²) in [6.45, 7) is 16.8. The van der Waals surface area contributed by atoms with Crippen LogP contribution in [0.2, 0.25) is 16.6 Å². The summed E-state index contributed by atoms with van der Waals surface area (Å²) in [5.41, 5.74) is 6.99. The lowest BCUT2D eigenvalue weighted by molar-refractivity contribution is 0.771. The highest BCUT2D eigenvalue weighted by Gasteiger charge is 2.46. The van der Waals surface area contributed by atoms with Gasteiger partial charge in [-0.05, 0) is 57.1 Å². The molecule has 1 heterocycles. The van der Waals surface area contributed by atoms with Crippen LogP contribution in [0.1, 0.15) is 64.2 Å². The van der Waals surface area contributed by atoms with Crippen LogP contribution < -0.4 is 0 Å². The topological polar surface area (TPSA) is 4.93 Å². The molecule has 1 nitrogen and oxygen atoms in total. The molecule has 0 bridgehead atoms. The fraction of sp³-hybridized carbons (Fsp3) is 0.355. The van der Waals surface area contributed by atoms with Gasteiger partial charge in [-0.25, -0.2) is 0 Å². The van der Waals surface area contributed by atoms with Crippen LogP contribution in [0.25, 0.3) is 21.7 Å². The molecule has 170 valence electrons. The number of hydrogen-bond donors (Lipinski definition) is 0. The van der Waals surface area contributed by atoms with Gasteiger partial charge < -0.3 is 4.23 Å². The number of aromatic nitrogens is 1. The predicted octanol–water partition coefficient (Wildman–Crippen LogP) is 8.89. The summed E-state index contributed by atoms with van der Waals surface area (Å²) in [5, 5.41) is 3.79. The molecule has 33 heavy (non-hydrogen) atoms. The first-order valence-electron chi connectivity index (χ1n) is 12.3. The van der Waals surface area contributed by atoms with E-state index in [2.05, 4.69) is 125 Å². The molecule has 1 aromatic heterocycles. The lowest BCUT2D eigenvalue weighted by Gasteiger charge is -2.44. The van der Waals surface area contributed by atoms with Crippen molar-refractivity contribution in [3.8, 4) is 12.3 Å². The fourth-order valence-electron chi connectivity index (χ4n) is 6.60. The van der Waals surface area contributed by atoms with Gasteiger partial charge in [0.15, 0.2) is 8.24 Å². The van der Waals surface area contributed by atoms with Gasteiger partial charge in [0.25, 0.3) is 0 Å². The van der Waals surface area contributed by atoms with Crippen LogP contribution in [-0.2, 0) is 0 Å². The van der Waals surface area contributed by atoms with Crippen LogP contribution in [0.3, 0.4) is 0 Å². The molecule has 0 aliphatic heterocycles. The Morgan fingerprint density at radius 2 is 1.39 bits per heavy atom. The monoisotopic (exact) mass is 451 g/mol. The van der Waals surface area contributed by atoms with Crippen LogP contribution >= 0.6 is 0 Å². The minimum atomic E-state index is -1.94. The number of aryl methyl sites for hydroxylation is 1. The Kier molecular flexibility index (Phi) is 6.30. The van der Waals surface area contributed by atoms with Gasteiger partial charge >= 0.3 is 0 Å². The van der Waals surface area contributed by atoms with Gasteiger partial charge in [-0.15, -0.1) is 6.42 Å². The summed E-state index contributed by atoms with van der Waals surface area (Å²) in [6, 6.07) is 22.0. The standard InChI is InChI=1S/C31H37NSi/c1-9-26(28-16-12-14-25-13-10-11-15-27(25)28)30-20-32(31-19-24(8)17-18-29(30)31)33(21(2)3,22(4)5)23(6)7/h1,10-23,26H,2-8H3/t26-/m1/s1. The van der Waals surface area contributed by atoms with Crippen molar-refractivity contribution in [2.24, 2.45) is 0 Å². The lowest BCUT2D eigenvalue weighted by Crippen LogP contribution is -2.51. The predicted molar refractivity (Wildman–Crippen MR) is 148 cm³/mol. The third kappa shape index (κ3) is 3.64. The van der Waals surface area contributed by atoms with Gasteiger partial charge in [0.05, 0.1) is 5.92 Å². The Labute approximate surface area is 200 Å². The quantitative estimate of drug-likeness (QED) is 0.204. The van der Waals surface area contributed by atoms with Crippen LogP contribution in [0.5, 0.6) is 0 Å². The maximum absolute atomic E-state index is 6.30. The lowest BCUT2D eigenvalue weighted by atomic mass is 9.88. The minimum absolute atomic E-state index is 0.0826. The normalized spacial score (nSPS) is 13.4. The molecule has 0 unspecified atom stereocenters. The zero-order valence-corrected chi connectivity index (χ0v) is 22.2. The molecule has 1 atom stereocenters. The van der Waals surface area contributed by atoms with Crippen molar-refractivity contribution >= 4 is 29.9 Å². The van der Waals surface area contributed by atoms with E-state index in [0.29, 0.717) is 16.6 Å². The van der Waals surface area contributed by atoms with Crippen LogP contribution in [0, 0.1) is 19.3 Å². The second-order valence-electron chi connectivity index (χ2n) is 10.5. The third-order valence-corrected chi connectivity index (χ3v) is 14.5. The molecule has 0 radical (unpaired) electrons. The number of rotatable bonds is 6. The summed E-state index contributed by atoms with van der Waals surface area (Å²) in [6.07, 6.45) is 8.75. The first kappa shape index (κ1) is 23.4. The molecule has 4 rings (SSSR count). The Bertz CT molecular complexity index is 1310. The zero-order valence-electron chi connectivity index (χ0n) is 21.2. The third-order valence-electron chi connectivity index (χ3n) is 7.80. The summed E-state index contributed by atoms with van der Waals surface area (Å²) < 4.78 is 2.72. The molecule has 4 aromatic rings. The van der Waals surface area contributed by atoms with Crippen LogP contribution in [-0.4, -0.2) is 12.5 Å². The largest absolute Gasteiger partial charge is 0.373 e. The van der Waals surface area contributed by atoms with E-state index >= 15 is 0 Å². The molecule has 0 spiro atoms. The fourth-order valence-corrected chi connectivity index (χ4v) is 13.2. The second kappa shape index (κ2) is 8.88. The van der Waals surface area contributed by atoms with Crippen LogP contribution in [0.15, 0.2) is 66.9 Å². The van der Waals surface area contributed by atoms with E-state index in [4.69, 9.17) is 6.42 Å². The van der Waals surface area contributed by atoms with Crippen molar-refractivity contribution in [3.05, 3.63) is 83.6 Å². The van der Waals surface area contributed by atoms with Crippen molar-refractivity contribution in [3.63, 3.8) is 0 Å². The van der Waals surface area contributed by atoms with Gasteiger partial charge in [0.1, 0.15) is 0 Å². The van der Waals surface area contributed by atoms with E-state index in [0.717, 1.165) is 0 Å². The average Bonchev–Trinajstić information content (AvgIpc) is 3.12. The summed E-state index contributed by atoms with van der Waals surface area (Å²) >= 11 is 0. The summed E-state index contributed by atoms with van der Waals surface area (Å²) in [4.78, 5) is 0. The van der Waals surface area contributed by atoms with Crippen molar-refractivity contribution in [1.29, 1.82) is 0 Å². The molecule has 0 N–H and O–H groups in total. The molecule has 0 amide bonds. The Morgan fingerprint density at radius 3 is 2.03 bits per heavy atom. The molecule has 3 aromatic carbocycles. The molecular formula is C31H37NSi. The first-order valence-corrected chi connectivity index (χ1v) is 14.5. The van der Waals surface area contributed by atoms with Crippen molar-refractivity contribution in [2.75, 3.05) is 0 Å². The van der Waals surface area contributed by atoms with Gasteiger partial charge in [0.2, 0.25) is 0 Å². The molecular weight excluding hydrogens is 414 g/mol. The van der Waals surface area contributed by atoms with E-state index < -0.39 is 8.24 Å². The van der Waals surface area contributed by atoms with Crippen molar-refractivity contribution < 1.29 is 0 Å². The highest BCUT2D eigenvalue weighted by molar-refractivity contribution is 6.82. The van der Waals surface area contributed by atoms with Crippen molar-refractivity contribution in [1.82, 2.24) is 4.23 Å². The van der Waals surface area contributed by atoms with Gasteiger partial charge in [-0.1, -0.05) is 102 Å². The Balaban J connectivity index is 2.07. The number of fused-ring (bicyclic) bond motifs is 2. The minimum Gasteiger partial charge on any atom is -0.373 e. The number of nitrogens with zero attached hydrogens (tertiary/aromatic N) is 1. The Hall–Kier alpha value is -2.76. The SMILES string of the molecule is C#C[C@H](c1cccc2ccccc12)c1cn([Si](C(C)C)(C(C)C)C(C)C)c2cc(C)ccc12. The van der Waals surface area contributed by atoms with E-state index in [9.17, 15) is 0 Å². The van der Waals surface area contributed by atoms with E-state index in [-0.39, 0.29) is 5.92 Å². The maximum Gasteiger partial charge on any atom is 0.169 e. The molecule has 0 saturated heterocycles. The van der Waals surface area contributed by atoms with Crippen molar-refractivity contribution in [2.45, 2.75) is 71.0 Å². The second-order valence-corrected chi connectivity index (χ2v) is 16.2.